The van der Waals surface area contributed by atoms with Crippen LogP contribution in [0.4, 0.5) is 57.1 Å². The highest BCUT2D eigenvalue weighted by molar-refractivity contribution is 14.1. The monoisotopic (exact) mass is 548 g/mol. The van der Waals surface area contributed by atoms with Gasteiger partial charge in [-0.2, -0.15) is 57.1 Å². The standard InChI is InChI=1S/C14H6F13I/c15-9(16,6-8(28)7-4-2-1-3-5-7)10(17,18)11(19,20)12(21,22)13(23,24)14(25,26)27/h1-6H/b8-6+. The molecule has 0 saturated carbocycles. The van der Waals surface area contributed by atoms with Crippen molar-refractivity contribution < 1.29 is 57.1 Å². The summed E-state index contributed by atoms with van der Waals surface area (Å²) in [5.74, 6) is -36.9. The van der Waals surface area contributed by atoms with Crippen LogP contribution in [0.5, 0.6) is 0 Å². The number of allylic oxidation sites excluding steroid dienone is 1. The van der Waals surface area contributed by atoms with E-state index in [1.165, 1.54) is 18.2 Å². The highest BCUT2D eigenvalue weighted by atomic mass is 127. The van der Waals surface area contributed by atoms with Gasteiger partial charge in [0.2, 0.25) is 0 Å². The molecule has 0 amide bonds. The maximum atomic E-state index is 13.7. The first-order valence-electron chi connectivity index (χ1n) is 6.63. The predicted octanol–water partition coefficient (Wildman–Crippen LogP) is 7.20. The molecule has 0 aromatic heterocycles. The summed E-state index contributed by atoms with van der Waals surface area (Å²) >= 11 is 0.938. The maximum absolute atomic E-state index is 13.7. The van der Waals surface area contributed by atoms with E-state index in [1.807, 2.05) is 0 Å². The van der Waals surface area contributed by atoms with Crippen LogP contribution in [0.1, 0.15) is 5.56 Å². The van der Waals surface area contributed by atoms with E-state index in [0.29, 0.717) is 0 Å². The van der Waals surface area contributed by atoms with Gasteiger partial charge in [-0.1, -0.05) is 30.3 Å². The third-order valence-corrected chi connectivity index (χ3v) is 4.25. The van der Waals surface area contributed by atoms with Crippen LogP contribution in [0.15, 0.2) is 36.4 Å². The Hall–Kier alpha value is -1.22. The second-order valence-electron chi connectivity index (χ2n) is 5.28. The molecular formula is C14H6F13I. The SMILES string of the molecule is FC(F)(F)C(F)(F)C(F)(F)C(F)(F)C(F)(F)C(F)(F)/C=C(/I)c1ccccc1. The Bertz CT molecular complexity index is 719. The number of benzene rings is 1. The zero-order valence-corrected chi connectivity index (χ0v) is 14.9. The normalized spacial score (nSPS) is 15.7. The second-order valence-corrected chi connectivity index (χ2v) is 6.44. The Labute approximate surface area is 161 Å². The van der Waals surface area contributed by atoms with Crippen LogP contribution in [-0.4, -0.2) is 35.8 Å². The van der Waals surface area contributed by atoms with Gasteiger partial charge in [0.15, 0.2) is 0 Å². The third kappa shape index (κ3) is 3.79. The Kier molecular flexibility index (Phi) is 6.41. The molecule has 0 unspecified atom stereocenters. The molecular weight excluding hydrogens is 542 g/mol. The molecule has 0 fully saturated rings. The Morgan fingerprint density at radius 2 is 1.00 bits per heavy atom. The number of alkyl halides is 13. The van der Waals surface area contributed by atoms with Crippen molar-refractivity contribution in [3.63, 3.8) is 0 Å². The van der Waals surface area contributed by atoms with Crippen molar-refractivity contribution in [3.05, 3.63) is 42.0 Å². The van der Waals surface area contributed by atoms with Crippen molar-refractivity contribution in [2.75, 3.05) is 0 Å². The third-order valence-electron chi connectivity index (χ3n) is 3.32. The van der Waals surface area contributed by atoms with Gasteiger partial charge in [-0.15, -0.1) is 0 Å². The van der Waals surface area contributed by atoms with E-state index in [2.05, 4.69) is 0 Å². The van der Waals surface area contributed by atoms with E-state index in [1.54, 1.807) is 0 Å². The first kappa shape index (κ1) is 24.8. The lowest BCUT2D eigenvalue weighted by Crippen LogP contribution is -2.69. The summed E-state index contributed by atoms with van der Waals surface area (Å²) in [5.41, 5.74) is -0.269. The number of hydrogen-bond donors (Lipinski definition) is 0. The van der Waals surface area contributed by atoms with Crippen LogP contribution in [0.25, 0.3) is 3.58 Å². The molecule has 0 spiro atoms. The Morgan fingerprint density at radius 1 is 0.607 bits per heavy atom. The molecule has 1 aromatic rings. The largest absolute Gasteiger partial charge is 0.460 e. The zero-order valence-electron chi connectivity index (χ0n) is 12.8. The van der Waals surface area contributed by atoms with Crippen LogP contribution in [0.2, 0.25) is 0 Å². The molecule has 0 nitrogen and oxygen atoms in total. The van der Waals surface area contributed by atoms with Crippen molar-refractivity contribution in [1.29, 1.82) is 0 Å². The van der Waals surface area contributed by atoms with Crippen molar-refractivity contribution in [1.82, 2.24) is 0 Å². The summed E-state index contributed by atoms with van der Waals surface area (Å²) < 4.78 is 168. The molecule has 160 valence electrons. The number of halogens is 14. The average Bonchev–Trinajstić information content (AvgIpc) is 2.53. The van der Waals surface area contributed by atoms with E-state index in [4.69, 9.17) is 0 Å². The van der Waals surface area contributed by atoms with Crippen LogP contribution in [0.3, 0.4) is 0 Å². The zero-order chi connectivity index (χ0) is 22.4. The fourth-order valence-electron chi connectivity index (χ4n) is 1.71. The van der Waals surface area contributed by atoms with Gasteiger partial charge < -0.3 is 0 Å². The smallest absolute Gasteiger partial charge is 0.195 e. The minimum Gasteiger partial charge on any atom is -0.195 e. The van der Waals surface area contributed by atoms with Gasteiger partial charge in [0.25, 0.3) is 0 Å². The first-order chi connectivity index (χ1) is 12.2. The van der Waals surface area contributed by atoms with Gasteiger partial charge in [-0.05, 0) is 28.2 Å². The molecule has 1 rings (SSSR count). The molecule has 0 saturated heterocycles. The lowest BCUT2D eigenvalue weighted by atomic mass is 9.93. The van der Waals surface area contributed by atoms with E-state index < -0.39 is 45.4 Å². The predicted molar refractivity (Wildman–Crippen MR) is 79.2 cm³/mol. The maximum Gasteiger partial charge on any atom is 0.460 e. The van der Waals surface area contributed by atoms with E-state index in [9.17, 15) is 57.1 Å². The van der Waals surface area contributed by atoms with Gasteiger partial charge in [0.05, 0.1) is 0 Å². The molecule has 0 aliphatic rings. The quantitative estimate of drug-likeness (QED) is 0.261. The lowest BCUT2D eigenvalue weighted by molar-refractivity contribution is -0.436. The lowest BCUT2D eigenvalue weighted by Gasteiger charge is -2.39. The fraction of sp³-hybridized carbons (Fsp3) is 0.429. The van der Waals surface area contributed by atoms with Gasteiger partial charge in [-0.25, -0.2) is 0 Å². The molecule has 0 N–H and O–H groups in total. The van der Waals surface area contributed by atoms with Crippen molar-refractivity contribution in [2.45, 2.75) is 35.8 Å². The molecule has 0 heterocycles. The molecule has 0 aliphatic heterocycles. The van der Waals surface area contributed by atoms with Gasteiger partial charge in [0, 0.05) is 9.66 Å². The number of rotatable bonds is 6. The van der Waals surface area contributed by atoms with E-state index >= 15 is 0 Å². The second kappa shape index (κ2) is 7.23. The van der Waals surface area contributed by atoms with Crippen molar-refractivity contribution >= 4 is 26.2 Å². The topological polar surface area (TPSA) is 0 Å². The molecule has 0 radical (unpaired) electrons. The highest BCUT2D eigenvalue weighted by Gasteiger charge is 2.90. The fourth-order valence-corrected chi connectivity index (χ4v) is 2.46. The van der Waals surface area contributed by atoms with Crippen LogP contribution >= 0.6 is 22.6 Å². The Morgan fingerprint density at radius 3 is 1.39 bits per heavy atom. The molecule has 28 heavy (non-hydrogen) atoms. The molecule has 1 aromatic carbocycles. The van der Waals surface area contributed by atoms with Gasteiger partial charge in [0.1, 0.15) is 0 Å². The minimum absolute atomic E-state index is 0.269. The van der Waals surface area contributed by atoms with E-state index in [-0.39, 0.29) is 5.56 Å². The van der Waals surface area contributed by atoms with Crippen molar-refractivity contribution in [2.24, 2.45) is 0 Å². The van der Waals surface area contributed by atoms with Crippen LogP contribution in [0, 0.1) is 0 Å². The van der Waals surface area contributed by atoms with Crippen LogP contribution < -0.4 is 0 Å². The summed E-state index contributed by atoms with van der Waals surface area (Å²) in [6.45, 7) is 0. The Balaban J connectivity index is 3.49. The van der Waals surface area contributed by atoms with Gasteiger partial charge >= 0.3 is 35.8 Å². The van der Waals surface area contributed by atoms with E-state index in [0.717, 1.165) is 34.7 Å². The number of hydrogen-bond acceptors (Lipinski definition) is 0. The van der Waals surface area contributed by atoms with Crippen LogP contribution in [-0.2, 0) is 0 Å². The molecule has 14 heteroatoms. The summed E-state index contributed by atoms with van der Waals surface area (Å²) in [4.78, 5) is 0. The average molecular weight is 548 g/mol. The summed E-state index contributed by atoms with van der Waals surface area (Å²) in [6.07, 6.45) is -8.35. The molecule has 0 atom stereocenters. The summed E-state index contributed by atoms with van der Waals surface area (Å²) in [7, 11) is 0. The first-order valence-corrected chi connectivity index (χ1v) is 7.71. The minimum atomic E-state index is -7.89. The summed E-state index contributed by atoms with van der Waals surface area (Å²) in [5, 5.41) is 0. The highest BCUT2D eigenvalue weighted by Crippen LogP contribution is 2.60. The van der Waals surface area contributed by atoms with Gasteiger partial charge in [-0.3, -0.25) is 0 Å². The molecule has 0 aliphatic carbocycles. The summed E-state index contributed by atoms with van der Waals surface area (Å²) in [6, 6.07) is 5.79. The van der Waals surface area contributed by atoms with Crippen molar-refractivity contribution in [3.8, 4) is 0 Å². The molecule has 0 bridgehead atoms.